The Balaban J connectivity index is 1.74. The third-order valence-electron chi connectivity index (χ3n) is 3.87. The van der Waals surface area contributed by atoms with E-state index in [9.17, 15) is 4.79 Å². The molecule has 2 N–H and O–H groups in total. The van der Waals surface area contributed by atoms with Gasteiger partial charge in [0.25, 0.3) is 0 Å². The molecule has 1 atom stereocenters. The van der Waals surface area contributed by atoms with Crippen LogP contribution >= 0.6 is 23.4 Å². The highest BCUT2D eigenvalue weighted by atomic mass is 35.5. The largest absolute Gasteiger partial charge is 0.331 e. The van der Waals surface area contributed by atoms with E-state index in [1.165, 1.54) is 17.3 Å². The van der Waals surface area contributed by atoms with Gasteiger partial charge in [-0.3, -0.25) is 4.79 Å². The van der Waals surface area contributed by atoms with Gasteiger partial charge in [-0.25, -0.2) is 9.97 Å². The Hall–Kier alpha value is -2.05. The lowest BCUT2D eigenvalue weighted by molar-refractivity contribution is -0.115. The normalized spacial score (nSPS) is 12.4. The van der Waals surface area contributed by atoms with Crippen molar-refractivity contribution >= 4 is 46.1 Å². The van der Waals surface area contributed by atoms with Crippen molar-refractivity contribution in [3.8, 4) is 0 Å². The molecular weight excluding hydrogens is 356 g/mol. The van der Waals surface area contributed by atoms with Gasteiger partial charge in [0.15, 0.2) is 10.8 Å². The van der Waals surface area contributed by atoms with Crippen LogP contribution < -0.4 is 5.32 Å². The number of nitrogens with zero attached hydrogens (tertiary/aromatic N) is 2. The number of pyridine rings is 1. The van der Waals surface area contributed by atoms with Gasteiger partial charge in [-0.1, -0.05) is 41.1 Å². The zero-order valence-corrected chi connectivity index (χ0v) is 16.0. The van der Waals surface area contributed by atoms with Crippen molar-refractivity contribution in [2.45, 2.75) is 38.1 Å². The second-order valence-electron chi connectivity index (χ2n) is 6.09. The fraction of sp³-hybridized carbons (Fsp3) is 0.278. The molecule has 0 aliphatic carbocycles. The van der Waals surface area contributed by atoms with Crippen LogP contribution in [0, 0.1) is 20.8 Å². The molecule has 2 heterocycles. The first-order valence-electron chi connectivity index (χ1n) is 7.90. The third kappa shape index (κ3) is 3.96. The number of hydrogen-bond donors (Lipinski definition) is 2. The Morgan fingerprint density at radius 3 is 2.60 bits per heavy atom. The van der Waals surface area contributed by atoms with Crippen LogP contribution in [0.1, 0.15) is 23.6 Å². The molecule has 130 valence electrons. The van der Waals surface area contributed by atoms with Crippen LogP contribution in [0.15, 0.2) is 29.6 Å². The van der Waals surface area contributed by atoms with Crippen molar-refractivity contribution in [2.75, 3.05) is 5.32 Å². The summed E-state index contributed by atoms with van der Waals surface area (Å²) in [4.78, 5) is 24.3. The van der Waals surface area contributed by atoms with Gasteiger partial charge in [0.2, 0.25) is 5.91 Å². The standard InChI is InChI=1S/C18H19ClN4OS/c1-9-5-10(2)15(11(3)6-9)22-17(24)12(4)25-18-21-14-7-13(19)8-20-16(14)23-18/h5-8,12H,1-4H3,(H,22,24)(H,20,21,23)/t12-/m0/s1. The average molecular weight is 375 g/mol. The van der Waals surface area contributed by atoms with Crippen LogP contribution in [-0.4, -0.2) is 26.1 Å². The minimum atomic E-state index is -0.309. The van der Waals surface area contributed by atoms with Gasteiger partial charge in [0.1, 0.15) is 0 Å². The number of imidazole rings is 1. The van der Waals surface area contributed by atoms with Crippen molar-refractivity contribution in [1.29, 1.82) is 0 Å². The van der Waals surface area contributed by atoms with Crippen molar-refractivity contribution in [2.24, 2.45) is 0 Å². The summed E-state index contributed by atoms with van der Waals surface area (Å²) in [5.41, 5.74) is 5.53. The summed E-state index contributed by atoms with van der Waals surface area (Å²) in [6.45, 7) is 7.91. The van der Waals surface area contributed by atoms with Crippen molar-refractivity contribution < 1.29 is 4.79 Å². The van der Waals surface area contributed by atoms with Gasteiger partial charge in [-0.15, -0.1) is 0 Å². The predicted molar refractivity (Wildman–Crippen MR) is 104 cm³/mol. The van der Waals surface area contributed by atoms with Crippen molar-refractivity contribution in [3.63, 3.8) is 0 Å². The van der Waals surface area contributed by atoms with E-state index in [0.717, 1.165) is 22.3 Å². The van der Waals surface area contributed by atoms with Crippen LogP contribution in [0.2, 0.25) is 5.02 Å². The lowest BCUT2D eigenvalue weighted by atomic mass is 10.1. The molecule has 0 fully saturated rings. The molecule has 0 spiro atoms. The topological polar surface area (TPSA) is 70.7 Å². The molecule has 0 saturated carbocycles. The molecule has 1 aromatic carbocycles. The van der Waals surface area contributed by atoms with Gasteiger partial charge in [-0.05, 0) is 44.9 Å². The number of hydrogen-bond acceptors (Lipinski definition) is 4. The van der Waals surface area contributed by atoms with E-state index in [2.05, 4.69) is 32.4 Å². The number of rotatable bonds is 4. The minimum absolute atomic E-state index is 0.0634. The zero-order chi connectivity index (χ0) is 18.1. The van der Waals surface area contributed by atoms with Crippen LogP contribution in [0.3, 0.4) is 0 Å². The van der Waals surface area contributed by atoms with E-state index >= 15 is 0 Å². The number of aryl methyl sites for hydroxylation is 3. The van der Waals surface area contributed by atoms with Gasteiger partial charge in [-0.2, -0.15) is 0 Å². The number of aromatic nitrogens is 3. The number of carbonyl (C=O) groups excluding carboxylic acids is 1. The molecule has 0 aliphatic rings. The molecule has 7 heteroatoms. The number of thioether (sulfide) groups is 1. The number of halogens is 1. The number of carbonyl (C=O) groups is 1. The van der Waals surface area contributed by atoms with Crippen LogP contribution in [0.4, 0.5) is 5.69 Å². The molecule has 0 aliphatic heterocycles. The second-order valence-corrected chi connectivity index (χ2v) is 7.86. The second kappa shape index (κ2) is 7.06. The summed E-state index contributed by atoms with van der Waals surface area (Å²) in [6.07, 6.45) is 1.55. The first-order valence-corrected chi connectivity index (χ1v) is 9.16. The van der Waals surface area contributed by atoms with Crippen molar-refractivity contribution in [1.82, 2.24) is 15.0 Å². The van der Waals surface area contributed by atoms with Crippen LogP contribution in [0.25, 0.3) is 11.2 Å². The number of benzene rings is 1. The van der Waals surface area contributed by atoms with E-state index in [1.54, 1.807) is 12.3 Å². The molecule has 0 unspecified atom stereocenters. The fourth-order valence-electron chi connectivity index (χ4n) is 2.73. The van der Waals surface area contributed by atoms with Crippen molar-refractivity contribution in [3.05, 3.63) is 46.1 Å². The highest BCUT2D eigenvalue weighted by Crippen LogP contribution is 2.27. The number of amides is 1. The third-order valence-corrected chi connectivity index (χ3v) is 5.06. The summed E-state index contributed by atoms with van der Waals surface area (Å²) < 4.78 is 0. The molecule has 3 rings (SSSR count). The number of fused-ring (bicyclic) bond motifs is 1. The zero-order valence-electron chi connectivity index (χ0n) is 14.5. The molecule has 2 aromatic heterocycles. The maximum atomic E-state index is 12.6. The monoisotopic (exact) mass is 374 g/mol. The molecule has 5 nitrogen and oxygen atoms in total. The summed E-state index contributed by atoms with van der Waals surface area (Å²) in [7, 11) is 0. The number of aromatic amines is 1. The van der Waals surface area contributed by atoms with Gasteiger partial charge in [0, 0.05) is 11.9 Å². The SMILES string of the molecule is Cc1cc(C)c(NC(=O)[C@H](C)Sc2nc3ncc(Cl)cc3[nH]2)c(C)c1. The Morgan fingerprint density at radius 2 is 1.92 bits per heavy atom. The molecule has 0 radical (unpaired) electrons. The first-order chi connectivity index (χ1) is 11.8. The van der Waals surface area contributed by atoms with E-state index in [4.69, 9.17) is 11.6 Å². The van der Waals surface area contributed by atoms with Crippen LogP contribution in [-0.2, 0) is 4.79 Å². The molecule has 25 heavy (non-hydrogen) atoms. The van der Waals surface area contributed by atoms with Gasteiger partial charge in [0.05, 0.1) is 15.8 Å². The maximum absolute atomic E-state index is 12.6. The van der Waals surface area contributed by atoms with Gasteiger partial charge >= 0.3 is 0 Å². The summed E-state index contributed by atoms with van der Waals surface area (Å²) in [5, 5.41) is 3.91. The Labute approximate surface area is 155 Å². The Kier molecular flexibility index (Phi) is 5.01. The Morgan fingerprint density at radius 1 is 1.24 bits per heavy atom. The highest BCUT2D eigenvalue weighted by molar-refractivity contribution is 8.00. The number of nitrogens with one attached hydrogen (secondary N) is 2. The fourth-order valence-corrected chi connectivity index (χ4v) is 3.70. The smallest absolute Gasteiger partial charge is 0.237 e. The van der Waals surface area contributed by atoms with E-state index in [1.807, 2.05) is 27.7 Å². The first kappa shape index (κ1) is 17.8. The molecule has 1 amide bonds. The molecule has 0 saturated heterocycles. The number of anilines is 1. The summed E-state index contributed by atoms with van der Waals surface area (Å²) in [5.74, 6) is -0.0634. The molecule has 0 bridgehead atoms. The lowest BCUT2D eigenvalue weighted by Crippen LogP contribution is -2.23. The van der Waals surface area contributed by atoms with E-state index in [-0.39, 0.29) is 11.2 Å². The Bertz CT molecular complexity index is 930. The number of H-pyrrole nitrogens is 1. The van der Waals surface area contributed by atoms with Gasteiger partial charge < -0.3 is 10.3 Å². The molecule has 3 aromatic rings. The highest BCUT2D eigenvalue weighted by Gasteiger charge is 2.18. The maximum Gasteiger partial charge on any atom is 0.237 e. The average Bonchev–Trinajstić information content (AvgIpc) is 2.91. The van der Waals surface area contributed by atoms with E-state index in [0.29, 0.717) is 15.8 Å². The summed E-state index contributed by atoms with van der Waals surface area (Å²) in [6, 6.07) is 5.90. The minimum Gasteiger partial charge on any atom is -0.331 e. The van der Waals surface area contributed by atoms with Crippen LogP contribution in [0.5, 0.6) is 0 Å². The molecular formula is C18H19ClN4OS. The lowest BCUT2D eigenvalue weighted by Gasteiger charge is -2.15. The predicted octanol–water partition coefficient (Wildman–Crippen LogP) is 4.66. The quantitative estimate of drug-likeness (QED) is 0.652. The summed E-state index contributed by atoms with van der Waals surface area (Å²) >= 11 is 7.29. The van der Waals surface area contributed by atoms with E-state index < -0.39 is 0 Å².